The first-order valence-electron chi connectivity index (χ1n) is 7.92. The second-order valence-corrected chi connectivity index (χ2v) is 5.87. The predicted molar refractivity (Wildman–Crippen MR) is 86.2 cm³/mol. The molecule has 2 nitrogen and oxygen atoms in total. The first-order valence-corrected chi connectivity index (χ1v) is 7.92. The van der Waals surface area contributed by atoms with E-state index in [1.54, 1.807) is 0 Å². The summed E-state index contributed by atoms with van der Waals surface area (Å²) >= 11 is 0. The molecule has 1 heterocycles. The van der Waals surface area contributed by atoms with Gasteiger partial charge in [-0.3, -0.25) is 4.90 Å². The predicted octanol–water partition coefficient (Wildman–Crippen LogP) is 3.66. The van der Waals surface area contributed by atoms with E-state index in [2.05, 4.69) is 29.2 Å². The second-order valence-electron chi connectivity index (χ2n) is 5.87. The van der Waals surface area contributed by atoms with Gasteiger partial charge in [-0.1, -0.05) is 42.5 Å². The third kappa shape index (κ3) is 4.39. The summed E-state index contributed by atoms with van der Waals surface area (Å²) in [7, 11) is 0. The van der Waals surface area contributed by atoms with E-state index in [1.807, 2.05) is 18.2 Å². The van der Waals surface area contributed by atoms with Gasteiger partial charge >= 0.3 is 0 Å². The van der Waals surface area contributed by atoms with Gasteiger partial charge in [0, 0.05) is 19.6 Å². The Balaban J connectivity index is 1.52. The quantitative estimate of drug-likeness (QED) is 0.854. The maximum absolute atomic E-state index is 13.0. The van der Waals surface area contributed by atoms with Gasteiger partial charge in [0.05, 0.1) is 12.7 Å². The van der Waals surface area contributed by atoms with E-state index in [0.717, 1.165) is 44.6 Å². The molecule has 1 saturated heterocycles. The first kappa shape index (κ1) is 15.2. The van der Waals surface area contributed by atoms with Crippen molar-refractivity contribution in [1.29, 1.82) is 0 Å². The molecule has 1 atom stereocenters. The average molecular weight is 299 g/mol. The van der Waals surface area contributed by atoms with Crippen molar-refractivity contribution in [2.24, 2.45) is 0 Å². The lowest BCUT2D eigenvalue weighted by Gasteiger charge is -2.19. The SMILES string of the molecule is Fc1ccc(CC2CCN(Cc3ccccc3)CCO2)cc1. The lowest BCUT2D eigenvalue weighted by atomic mass is 10.1. The van der Waals surface area contributed by atoms with Gasteiger partial charge in [0.15, 0.2) is 0 Å². The molecule has 0 bridgehead atoms. The fourth-order valence-electron chi connectivity index (χ4n) is 2.91. The summed E-state index contributed by atoms with van der Waals surface area (Å²) in [6.07, 6.45) is 2.11. The van der Waals surface area contributed by atoms with E-state index < -0.39 is 0 Å². The summed E-state index contributed by atoms with van der Waals surface area (Å²) in [4.78, 5) is 2.44. The van der Waals surface area contributed by atoms with Crippen molar-refractivity contribution in [3.8, 4) is 0 Å². The Kier molecular flexibility index (Phi) is 5.20. The van der Waals surface area contributed by atoms with Crippen LogP contribution in [-0.2, 0) is 17.7 Å². The molecule has 0 radical (unpaired) electrons. The Morgan fingerprint density at radius 2 is 1.73 bits per heavy atom. The summed E-state index contributed by atoms with van der Waals surface area (Å²) in [5.74, 6) is -0.181. The molecule has 116 valence electrons. The average Bonchev–Trinajstić information content (AvgIpc) is 2.76. The van der Waals surface area contributed by atoms with Crippen LogP contribution < -0.4 is 0 Å². The van der Waals surface area contributed by atoms with Crippen LogP contribution in [0.25, 0.3) is 0 Å². The summed E-state index contributed by atoms with van der Waals surface area (Å²) < 4.78 is 18.9. The Morgan fingerprint density at radius 3 is 2.50 bits per heavy atom. The highest BCUT2D eigenvalue weighted by Crippen LogP contribution is 2.15. The summed E-state index contributed by atoms with van der Waals surface area (Å²) in [5, 5.41) is 0. The smallest absolute Gasteiger partial charge is 0.123 e. The van der Waals surface area contributed by atoms with Gasteiger partial charge in [0.25, 0.3) is 0 Å². The fraction of sp³-hybridized carbons (Fsp3) is 0.368. The Morgan fingerprint density at radius 1 is 0.955 bits per heavy atom. The molecule has 3 rings (SSSR count). The van der Waals surface area contributed by atoms with Crippen LogP contribution in [0.15, 0.2) is 54.6 Å². The lowest BCUT2D eigenvalue weighted by molar-refractivity contribution is 0.0623. The standard InChI is InChI=1S/C19H22FNO/c20-18-8-6-16(7-9-18)14-19-10-11-21(12-13-22-19)15-17-4-2-1-3-5-17/h1-9,19H,10-15H2. The van der Waals surface area contributed by atoms with Crippen LogP contribution in [0.1, 0.15) is 17.5 Å². The molecule has 22 heavy (non-hydrogen) atoms. The zero-order chi connectivity index (χ0) is 15.2. The molecule has 1 aliphatic rings. The van der Waals surface area contributed by atoms with Crippen LogP contribution >= 0.6 is 0 Å². The minimum atomic E-state index is -0.181. The Hall–Kier alpha value is -1.71. The highest BCUT2D eigenvalue weighted by atomic mass is 19.1. The summed E-state index contributed by atoms with van der Waals surface area (Å²) in [6.45, 7) is 3.75. The molecule has 0 spiro atoms. The molecule has 0 saturated carbocycles. The number of hydrogen-bond donors (Lipinski definition) is 0. The molecule has 3 heteroatoms. The summed E-state index contributed by atoms with van der Waals surface area (Å²) in [6, 6.07) is 17.3. The molecule has 0 aromatic heterocycles. The normalized spacial score (nSPS) is 19.8. The van der Waals surface area contributed by atoms with Crippen molar-refractivity contribution in [2.75, 3.05) is 19.7 Å². The van der Waals surface area contributed by atoms with Gasteiger partial charge in [0.1, 0.15) is 5.82 Å². The monoisotopic (exact) mass is 299 g/mol. The Labute approximate surface area is 131 Å². The number of rotatable bonds is 4. The van der Waals surface area contributed by atoms with Crippen molar-refractivity contribution in [2.45, 2.75) is 25.5 Å². The van der Waals surface area contributed by atoms with Crippen LogP contribution in [0.2, 0.25) is 0 Å². The summed E-state index contributed by atoms with van der Waals surface area (Å²) in [5.41, 5.74) is 2.49. The van der Waals surface area contributed by atoms with E-state index in [0.29, 0.717) is 0 Å². The molecule has 1 fully saturated rings. The van der Waals surface area contributed by atoms with Gasteiger partial charge in [-0.2, -0.15) is 0 Å². The van der Waals surface area contributed by atoms with Crippen LogP contribution in [-0.4, -0.2) is 30.7 Å². The van der Waals surface area contributed by atoms with Crippen molar-refractivity contribution < 1.29 is 9.13 Å². The fourth-order valence-corrected chi connectivity index (χ4v) is 2.91. The van der Waals surface area contributed by atoms with Gasteiger partial charge in [-0.25, -0.2) is 4.39 Å². The minimum absolute atomic E-state index is 0.181. The van der Waals surface area contributed by atoms with Gasteiger partial charge in [-0.05, 0) is 36.1 Å². The zero-order valence-electron chi connectivity index (χ0n) is 12.7. The lowest BCUT2D eigenvalue weighted by Crippen LogP contribution is -2.25. The second kappa shape index (κ2) is 7.52. The molecule has 2 aromatic carbocycles. The van der Waals surface area contributed by atoms with Crippen molar-refractivity contribution >= 4 is 0 Å². The van der Waals surface area contributed by atoms with E-state index in [-0.39, 0.29) is 11.9 Å². The van der Waals surface area contributed by atoms with Crippen molar-refractivity contribution in [3.63, 3.8) is 0 Å². The van der Waals surface area contributed by atoms with E-state index in [4.69, 9.17) is 4.74 Å². The van der Waals surface area contributed by atoms with E-state index in [9.17, 15) is 4.39 Å². The van der Waals surface area contributed by atoms with Gasteiger partial charge in [-0.15, -0.1) is 0 Å². The molecule has 0 aliphatic carbocycles. The number of halogens is 1. The zero-order valence-corrected chi connectivity index (χ0v) is 12.7. The molecule has 0 amide bonds. The van der Waals surface area contributed by atoms with E-state index >= 15 is 0 Å². The third-order valence-corrected chi connectivity index (χ3v) is 4.15. The van der Waals surface area contributed by atoms with Crippen LogP contribution in [0, 0.1) is 5.82 Å². The van der Waals surface area contributed by atoms with Crippen molar-refractivity contribution in [1.82, 2.24) is 4.90 Å². The van der Waals surface area contributed by atoms with E-state index in [1.165, 1.54) is 17.7 Å². The minimum Gasteiger partial charge on any atom is -0.376 e. The van der Waals surface area contributed by atoms with Gasteiger partial charge in [0.2, 0.25) is 0 Å². The third-order valence-electron chi connectivity index (χ3n) is 4.15. The largest absolute Gasteiger partial charge is 0.376 e. The molecule has 1 unspecified atom stereocenters. The number of nitrogens with zero attached hydrogens (tertiary/aromatic N) is 1. The molecule has 0 N–H and O–H groups in total. The van der Waals surface area contributed by atoms with Crippen molar-refractivity contribution in [3.05, 3.63) is 71.5 Å². The maximum atomic E-state index is 13.0. The maximum Gasteiger partial charge on any atom is 0.123 e. The molecule has 1 aliphatic heterocycles. The first-order chi connectivity index (χ1) is 10.8. The molecular weight excluding hydrogens is 277 g/mol. The number of ether oxygens (including phenoxy) is 1. The molecular formula is C19H22FNO. The Bertz CT molecular complexity index is 570. The number of benzene rings is 2. The van der Waals surface area contributed by atoms with Crippen LogP contribution in [0.4, 0.5) is 4.39 Å². The van der Waals surface area contributed by atoms with Crippen LogP contribution in [0.5, 0.6) is 0 Å². The van der Waals surface area contributed by atoms with Crippen LogP contribution in [0.3, 0.4) is 0 Å². The highest BCUT2D eigenvalue weighted by molar-refractivity contribution is 5.17. The highest BCUT2D eigenvalue weighted by Gasteiger charge is 2.18. The topological polar surface area (TPSA) is 12.5 Å². The number of hydrogen-bond acceptors (Lipinski definition) is 2. The molecule has 2 aromatic rings. The van der Waals surface area contributed by atoms with Gasteiger partial charge < -0.3 is 4.74 Å².